The Morgan fingerprint density at radius 1 is 0.640 bits per heavy atom. The fourth-order valence-corrected chi connectivity index (χ4v) is 7.92. The second-order valence-corrected chi connectivity index (χ2v) is 22.2. The average molecular weight is 851 g/mol. The quantitative estimate of drug-likeness (QED) is 0.131. The predicted molar refractivity (Wildman–Crippen MR) is 212 cm³/mol. The monoisotopic (exact) mass is 851 g/mol. The van der Waals surface area contributed by atoms with Gasteiger partial charge in [-0.15, -0.1) is 64.7 Å². The molecule has 2 heterocycles. The van der Waals surface area contributed by atoms with Gasteiger partial charge in [0.2, 0.25) is 0 Å². The van der Waals surface area contributed by atoms with Crippen LogP contribution < -0.4 is 5.19 Å². The Morgan fingerprint density at radius 3 is 1.94 bits per heavy atom. The van der Waals surface area contributed by atoms with Crippen molar-refractivity contribution in [1.82, 2.24) is 9.97 Å². The third kappa shape index (κ3) is 7.49. The molecule has 1 aliphatic carbocycles. The van der Waals surface area contributed by atoms with Gasteiger partial charge < -0.3 is 9.97 Å². The number of aromatic nitrogens is 2. The van der Waals surface area contributed by atoms with E-state index in [-0.39, 0.29) is 36.4 Å². The van der Waals surface area contributed by atoms with Crippen LogP contribution in [-0.4, -0.2) is 18.0 Å². The molecule has 0 saturated heterocycles. The molecule has 0 N–H and O–H groups in total. The summed E-state index contributed by atoms with van der Waals surface area (Å²) in [5, 5.41) is 4.09. The van der Waals surface area contributed by atoms with Crippen LogP contribution in [0.4, 0.5) is 0 Å². The Morgan fingerprint density at radius 2 is 1.32 bits per heavy atom. The summed E-state index contributed by atoms with van der Waals surface area (Å²) in [6.07, 6.45) is 3.93. The summed E-state index contributed by atoms with van der Waals surface area (Å²) < 4.78 is 0. The molecule has 4 heteroatoms. The van der Waals surface area contributed by atoms with Crippen molar-refractivity contribution in [3.8, 4) is 33.6 Å². The molecule has 0 atom stereocenters. The maximum atomic E-state index is 4.68. The van der Waals surface area contributed by atoms with Gasteiger partial charge in [0.15, 0.2) is 0 Å². The molecule has 0 aliphatic heterocycles. The minimum Gasteiger partial charge on any atom is -0.305 e. The Kier molecular flexibility index (Phi) is 10.4. The van der Waals surface area contributed by atoms with Crippen molar-refractivity contribution in [1.29, 1.82) is 0 Å². The van der Waals surface area contributed by atoms with E-state index in [4.69, 9.17) is 0 Å². The van der Waals surface area contributed by atoms with Crippen molar-refractivity contribution in [2.24, 2.45) is 0 Å². The van der Waals surface area contributed by atoms with Gasteiger partial charge in [-0.2, -0.15) is 0 Å². The van der Waals surface area contributed by atoms with Gasteiger partial charge in [-0.05, 0) is 61.2 Å². The van der Waals surface area contributed by atoms with Crippen LogP contribution in [0.5, 0.6) is 0 Å². The van der Waals surface area contributed by atoms with Crippen LogP contribution in [0.3, 0.4) is 0 Å². The van der Waals surface area contributed by atoms with Gasteiger partial charge in [-0.3, -0.25) is 0 Å². The summed E-state index contributed by atoms with van der Waals surface area (Å²) in [5.74, 6) is 0. The molecule has 2 nitrogen and oxygen atoms in total. The predicted octanol–water partition coefficient (Wildman–Crippen LogP) is 11.7. The molecule has 259 valence electrons. The minimum atomic E-state index is -1.38. The Hall–Kier alpha value is -3.69. The third-order valence-corrected chi connectivity index (χ3v) is 12.0. The first kappa shape index (κ1) is 37.6. The summed E-state index contributed by atoms with van der Waals surface area (Å²) in [6, 6.07) is 39.7. The first-order valence-corrected chi connectivity index (χ1v) is 21.0. The largest absolute Gasteiger partial charge is 0.305 e. The van der Waals surface area contributed by atoms with E-state index < -0.39 is 8.07 Å². The summed E-state index contributed by atoms with van der Waals surface area (Å²) in [6.45, 7) is 25.1. The normalized spacial score (nSPS) is 13.5. The van der Waals surface area contributed by atoms with E-state index >= 15 is 0 Å². The van der Waals surface area contributed by atoms with Gasteiger partial charge >= 0.3 is 0 Å². The first-order chi connectivity index (χ1) is 22.9. The second kappa shape index (κ2) is 13.8. The van der Waals surface area contributed by atoms with Crippen LogP contribution in [0.15, 0.2) is 103 Å². The molecule has 2 aromatic heterocycles. The second-order valence-electron chi connectivity index (χ2n) is 17.1. The number of rotatable bonds is 3. The van der Waals surface area contributed by atoms with Crippen molar-refractivity contribution < 1.29 is 20.1 Å². The Bertz CT molecular complexity index is 2070. The van der Waals surface area contributed by atoms with Crippen molar-refractivity contribution in [2.45, 2.75) is 91.3 Å². The van der Waals surface area contributed by atoms with Gasteiger partial charge in [0.1, 0.15) is 0 Å². The first-order valence-electron chi connectivity index (χ1n) is 17.5. The third-order valence-electron chi connectivity index (χ3n) is 9.95. The van der Waals surface area contributed by atoms with Crippen LogP contribution in [0.25, 0.3) is 44.4 Å². The van der Waals surface area contributed by atoms with E-state index in [1.165, 1.54) is 49.3 Å². The minimum absolute atomic E-state index is 0. The molecule has 0 amide bonds. The summed E-state index contributed by atoms with van der Waals surface area (Å²) in [7, 11) is -1.38. The molecular weight excluding hydrogens is 801 g/mol. The maximum absolute atomic E-state index is 4.68. The molecule has 0 saturated carbocycles. The summed E-state index contributed by atoms with van der Waals surface area (Å²) in [5.41, 5.74) is 12.4. The number of nitrogens with zero attached hydrogens (tertiary/aromatic N) is 2. The molecule has 1 aliphatic rings. The summed E-state index contributed by atoms with van der Waals surface area (Å²) in [4.78, 5) is 9.26. The zero-order valence-corrected chi connectivity index (χ0v) is 34.9. The topological polar surface area (TPSA) is 25.8 Å². The van der Waals surface area contributed by atoms with Crippen molar-refractivity contribution in [3.05, 3.63) is 138 Å². The number of benzene rings is 4. The Labute approximate surface area is 315 Å². The van der Waals surface area contributed by atoms with Crippen LogP contribution in [0.2, 0.25) is 19.6 Å². The molecule has 0 bridgehead atoms. The molecule has 6 aromatic rings. The van der Waals surface area contributed by atoms with Crippen LogP contribution in [0.1, 0.15) is 77.6 Å². The average Bonchev–Trinajstić information content (AvgIpc) is 3.30. The fourth-order valence-electron chi connectivity index (χ4n) is 6.78. The van der Waals surface area contributed by atoms with Crippen molar-refractivity contribution >= 4 is 24.0 Å². The van der Waals surface area contributed by atoms with E-state index in [1.54, 1.807) is 0 Å². The number of fused-ring (bicyclic) bond motifs is 5. The van der Waals surface area contributed by atoms with Gasteiger partial charge in [0, 0.05) is 32.5 Å². The van der Waals surface area contributed by atoms with E-state index in [0.717, 1.165) is 22.5 Å². The zero-order valence-electron chi connectivity index (χ0n) is 31.5. The molecule has 4 aromatic carbocycles. The van der Waals surface area contributed by atoms with Crippen molar-refractivity contribution in [3.63, 3.8) is 0 Å². The molecule has 0 spiro atoms. The van der Waals surface area contributed by atoms with Crippen LogP contribution >= 0.6 is 0 Å². The van der Waals surface area contributed by atoms with Crippen LogP contribution in [-0.2, 0) is 36.4 Å². The van der Waals surface area contributed by atoms with Gasteiger partial charge in [0.25, 0.3) is 0 Å². The van der Waals surface area contributed by atoms with Gasteiger partial charge in [0.05, 0.1) is 8.07 Å². The SMILES string of the molecule is CC(C)(C)c1c[c-]c(-c2ccc(C(C)(C)C)cn2)cc1.CC1(C)c2c[c-]c(-c3cc([Si](C)(C)C)ccn3)cc2-c2ccc3ccccc3c21.[Ir]. The molecule has 1 radical (unpaired) electrons. The number of hydrogen-bond donors (Lipinski definition) is 0. The van der Waals surface area contributed by atoms with Crippen molar-refractivity contribution in [2.75, 3.05) is 0 Å². The molecule has 50 heavy (non-hydrogen) atoms. The maximum Gasteiger partial charge on any atom is 0.0767 e. The van der Waals surface area contributed by atoms with E-state index in [0.29, 0.717) is 0 Å². The van der Waals surface area contributed by atoms with E-state index in [9.17, 15) is 0 Å². The standard InChI is InChI=1S/C27H26NSi.C19H24N.Ir/c1-27(2)24-13-11-19(25-17-20(14-15-28-25)29(3,4)5)16-23(24)22-12-10-18-8-6-7-9-21(18)26(22)27;1-18(2,3)15-9-7-14(8-10-15)17-12-11-16(13-20-17)19(4,5)6;/h6-10,12-17H,1-5H3;7,9-13H,1-6H3;/q2*-1;. The zero-order chi connectivity index (χ0) is 35.4. The molecule has 7 rings (SSSR count). The van der Waals surface area contributed by atoms with E-state index in [1.807, 2.05) is 12.4 Å². The smallest absolute Gasteiger partial charge is 0.0767 e. The van der Waals surface area contributed by atoms with Gasteiger partial charge in [-0.1, -0.05) is 140 Å². The van der Waals surface area contributed by atoms with Crippen LogP contribution in [0, 0.1) is 12.1 Å². The molecule has 0 fully saturated rings. The summed E-state index contributed by atoms with van der Waals surface area (Å²) >= 11 is 0. The fraction of sp³-hybridized carbons (Fsp3) is 0.304. The molecular formula is C46H50IrN2Si-2. The Balaban J connectivity index is 0.000000204. The number of hydrogen-bond acceptors (Lipinski definition) is 2. The molecule has 0 unspecified atom stereocenters. The van der Waals surface area contributed by atoms with Gasteiger partial charge in [-0.25, -0.2) is 0 Å². The number of pyridine rings is 2. The van der Waals surface area contributed by atoms with E-state index in [2.05, 4.69) is 188 Å².